The lowest BCUT2D eigenvalue weighted by atomic mass is 10.1. The van der Waals surface area contributed by atoms with Crippen molar-refractivity contribution in [1.29, 1.82) is 5.41 Å². The molecule has 0 radical (unpaired) electrons. The van der Waals surface area contributed by atoms with Gasteiger partial charge in [0.1, 0.15) is 28.8 Å². The molecule has 0 bridgehead atoms. The summed E-state index contributed by atoms with van der Waals surface area (Å²) in [7, 11) is 3.00. The molecule has 6 N–H and O–H groups in total. The van der Waals surface area contributed by atoms with Crippen LogP contribution in [-0.4, -0.2) is 60.2 Å². The first-order valence-corrected chi connectivity index (χ1v) is 11.4. The Morgan fingerprint density at radius 2 is 1.77 bits per heavy atom. The number of amides is 4. The Kier molecular flexibility index (Phi) is 8.89. The second-order valence-electron chi connectivity index (χ2n) is 8.36. The van der Waals surface area contributed by atoms with Crippen molar-refractivity contribution in [1.82, 2.24) is 15.5 Å². The molecule has 1 aliphatic rings. The molecule has 3 rings (SSSR count). The van der Waals surface area contributed by atoms with Crippen molar-refractivity contribution >= 4 is 41.7 Å². The van der Waals surface area contributed by atoms with E-state index in [1.165, 1.54) is 60.3 Å². The highest BCUT2D eigenvalue weighted by Crippen LogP contribution is 2.26. The Bertz CT molecular complexity index is 1430. The molecule has 13 heteroatoms. The summed E-state index contributed by atoms with van der Waals surface area (Å²) >= 11 is 0. The molecule has 1 heterocycles. The Morgan fingerprint density at radius 3 is 2.41 bits per heavy atom. The number of phenolic OH excluding ortho intramolecular Hbond substituents is 1. The van der Waals surface area contributed by atoms with Gasteiger partial charge in [-0.1, -0.05) is 12.1 Å². The molecular weight excluding hydrogens is 509 g/mol. The lowest BCUT2D eigenvalue weighted by molar-refractivity contribution is -0.118. The van der Waals surface area contributed by atoms with E-state index in [1.54, 1.807) is 6.07 Å². The number of aromatic hydroxyl groups is 1. The number of aliphatic imine (C=N–C) groups is 1. The maximum absolute atomic E-state index is 13.7. The molecule has 1 aliphatic heterocycles. The van der Waals surface area contributed by atoms with Crippen molar-refractivity contribution < 1.29 is 28.7 Å². The Hall–Kier alpha value is -5.33. The third-order valence-corrected chi connectivity index (χ3v) is 5.69. The van der Waals surface area contributed by atoms with E-state index in [1.807, 2.05) is 0 Å². The zero-order valence-electron chi connectivity index (χ0n) is 21.1. The summed E-state index contributed by atoms with van der Waals surface area (Å²) in [4.78, 5) is 55.2. The Balaban J connectivity index is 1.78. The van der Waals surface area contributed by atoms with Gasteiger partial charge in [0.15, 0.2) is 0 Å². The van der Waals surface area contributed by atoms with Crippen molar-refractivity contribution in [2.24, 2.45) is 10.7 Å². The SMILES string of the molecule is CN1C(C(=O)NCc2ccc(F)c(C(N)=O)c2)=CC(C(=O)NCc2ccc(O)c(N(C)C=O)c2)=N/C1=C/C=N. The van der Waals surface area contributed by atoms with Crippen LogP contribution in [0.3, 0.4) is 0 Å². The van der Waals surface area contributed by atoms with Crippen LogP contribution >= 0.6 is 0 Å². The summed E-state index contributed by atoms with van der Waals surface area (Å²) in [6, 6.07) is 8.20. The van der Waals surface area contributed by atoms with Crippen LogP contribution in [0.5, 0.6) is 5.75 Å². The van der Waals surface area contributed by atoms with Crippen molar-refractivity contribution in [3.63, 3.8) is 0 Å². The van der Waals surface area contributed by atoms with Gasteiger partial charge in [-0.15, -0.1) is 0 Å². The molecule has 0 atom stereocenters. The maximum atomic E-state index is 13.7. The van der Waals surface area contributed by atoms with Crippen molar-refractivity contribution in [3.8, 4) is 5.75 Å². The Labute approximate surface area is 222 Å². The smallest absolute Gasteiger partial charge is 0.270 e. The highest BCUT2D eigenvalue weighted by Gasteiger charge is 2.25. The molecule has 0 aromatic heterocycles. The zero-order valence-corrected chi connectivity index (χ0v) is 21.1. The van der Waals surface area contributed by atoms with Gasteiger partial charge in [0.2, 0.25) is 6.41 Å². The van der Waals surface area contributed by atoms with Crippen molar-refractivity contribution in [2.75, 3.05) is 19.0 Å². The van der Waals surface area contributed by atoms with Gasteiger partial charge < -0.3 is 36.7 Å². The molecule has 0 aliphatic carbocycles. The Morgan fingerprint density at radius 1 is 1.13 bits per heavy atom. The number of phenols is 1. The summed E-state index contributed by atoms with van der Waals surface area (Å²) in [6.45, 7) is -0.0370. The summed E-state index contributed by atoms with van der Waals surface area (Å²) in [5, 5.41) is 22.7. The third-order valence-electron chi connectivity index (χ3n) is 5.69. The first-order chi connectivity index (χ1) is 18.5. The van der Waals surface area contributed by atoms with Crippen LogP contribution in [0.4, 0.5) is 10.1 Å². The van der Waals surface area contributed by atoms with E-state index < -0.39 is 23.5 Å². The van der Waals surface area contributed by atoms with E-state index in [2.05, 4.69) is 15.6 Å². The average Bonchev–Trinajstić information content (AvgIpc) is 2.92. The lowest BCUT2D eigenvalue weighted by Gasteiger charge is -2.26. The summed E-state index contributed by atoms with van der Waals surface area (Å²) in [5.41, 5.74) is 6.07. The van der Waals surface area contributed by atoms with Crippen LogP contribution in [0.25, 0.3) is 0 Å². The number of allylic oxidation sites excluding steroid dienone is 1. The number of primary amides is 1. The van der Waals surface area contributed by atoms with Crippen LogP contribution in [0, 0.1) is 11.2 Å². The van der Waals surface area contributed by atoms with Crippen LogP contribution in [0.1, 0.15) is 21.5 Å². The number of anilines is 1. The fourth-order valence-corrected chi connectivity index (χ4v) is 3.57. The number of nitrogens with one attached hydrogen (secondary N) is 3. The van der Waals surface area contributed by atoms with E-state index in [0.29, 0.717) is 17.5 Å². The second kappa shape index (κ2) is 12.3. The zero-order chi connectivity index (χ0) is 28.7. The minimum absolute atomic E-state index is 0.0272. The molecule has 0 spiro atoms. The van der Waals surface area contributed by atoms with Gasteiger partial charge in [-0.3, -0.25) is 19.2 Å². The fourth-order valence-electron chi connectivity index (χ4n) is 3.57. The van der Waals surface area contributed by atoms with Gasteiger partial charge in [0.25, 0.3) is 17.7 Å². The predicted octanol–water partition coefficient (Wildman–Crippen LogP) is 0.917. The van der Waals surface area contributed by atoms with Crippen molar-refractivity contribution in [3.05, 3.63) is 82.6 Å². The minimum Gasteiger partial charge on any atom is -0.506 e. The molecular formula is C26H26FN7O5. The van der Waals surface area contributed by atoms with E-state index in [0.717, 1.165) is 12.3 Å². The number of nitrogens with two attached hydrogens (primary N) is 1. The third kappa shape index (κ3) is 6.71. The monoisotopic (exact) mass is 535 g/mol. The number of hydrogen-bond donors (Lipinski definition) is 5. The summed E-state index contributed by atoms with van der Waals surface area (Å²) in [6.07, 6.45) is 4.06. The largest absolute Gasteiger partial charge is 0.506 e. The number of carbonyl (C=O) groups is 4. The van der Waals surface area contributed by atoms with Crippen LogP contribution < -0.4 is 21.3 Å². The molecule has 0 fully saturated rings. The first kappa shape index (κ1) is 28.2. The first-order valence-electron chi connectivity index (χ1n) is 11.4. The van der Waals surface area contributed by atoms with Gasteiger partial charge in [0, 0.05) is 33.4 Å². The average molecular weight is 536 g/mol. The van der Waals surface area contributed by atoms with Crippen LogP contribution in [0.2, 0.25) is 0 Å². The number of nitrogens with zero attached hydrogens (tertiary/aromatic N) is 3. The quantitative estimate of drug-likeness (QED) is 0.223. The van der Waals surface area contributed by atoms with Crippen LogP contribution in [-0.2, 0) is 27.5 Å². The standard InChI is InChI=1S/C26H26FN7O5/c1-33(14-35)20-10-16(4-6-22(20)36)13-30-25(38)19-11-21(34(2)23(32-19)7-8-28)26(39)31-12-15-3-5-18(27)17(9-15)24(29)37/h3-11,14,28,36H,12-13H2,1-2H3,(H2,29,37)(H,30,38)(H,31,39)/b23-7-,28-8?. The van der Waals surface area contributed by atoms with Gasteiger partial charge in [-0.2, -0.15) is 0 Å². The lowest BCUT2D eigenvalue weighted by Crippen LogP contribution is -2.38. The van der Waals surface area contributed by atoms with E-state index >= 15 is 0 Å². The van der Waals surface area contributed by atoms with Gasteiger partial charge in [-0.25, -0.2) is 9.38 Å². The molecule has 202 valence electrons. The minimum atomic E-state index is -0.942. The normalized spacial score (nSPS) is 13.7. The summed E-state index contributed by atoms with van der Waals surface area (Å²) < 4.78 is 13.7. The molecule has 2 aromatic rings. The molecule has 12 nitrogen and oxygen atoms in total. The molecule has 0 saturated carbocycles. The number of benzene rings is 2. The van der Waals surface area contributed by atoms with Crippen molar-refractivity contribution in [2.45, 2.75) is 13.1 Å². The van der Waals surface area contributed by atoms with Gasteiger partial charge >= 0.3 is 0 Å². The predicted molar refractivity (Wildman–Crippen MR) is 141 cm³/mol. The maximum Gasteiger partial charge on any atom is 0.270 e. The summed E-state index contributed by atoms with van der Waals surface area (Å²) in [5.74, 6) is -2.89. The number of halogens is 1. The van der Waals surface area contributed by atoms with Crippen LogP contribution in [0.15, 0.2) is 65.1 Å². The van der Waals surface area contributed by atoms with Gasteiger partial charge in [-0.05, 0) is 47.5 Å². The topological polar surface area (TPSA) is 181 Å². The molecule has 39 heavy (non-hydrogen) atoms. The highest BCUT2D eigenvalue weighted by atomic mass is 19.1. The number of rotatable bonds is 10. The fraction of sp³-hybridized carbons (Fsp3) is 0.154. The molecule has 0 saturated heterocycles. The van der Waals surface area contributed by atoms with E-state index in [4.69, 9.17) is 11.1 Å². The molecule has 2 aromatic carbocycles. The van der Waals surface area contributed by atoms with E-state index in [-0.39, 0.29) is 47.3 Å². The number of likely N-dealkylation sites (N-methyl/N-ethyl adjacent to an activating group) is 1. The van der Waals surface area contributed by atoms with E-state index in [9.17, 15) is 28.7 Å². The number of hydrogen-bond acceptors (Lipinski definition) is 8. The molecule has 4 amide bonds. The second-order valence-corrected chi connectivity index (χ2v) is 8.36. The number of carbonyl (C=O) groups excluding carboxylic acids is 4. The van der Waals surface area contributed by atoms with Gasteiger partial charge in [0.05, 0.1) is 11.3 Å². The molecule has 0 unspecified atom stereocenters. The highest BCUT2D eigenvalue weighted by molar-refractivity contribution is 6.44.